The van der Waals surface area contributed by atoms with Gasteiger partial charge in [0.15, 0.2) is 11.5 Å². The van der Waals surface area contributed by atoms with Crippen LogP contribution in [0.25, 0.3) is 5.57 Å². The van der Waals surface area contributed by atoms with E-state index in [-0.39, 0.29) is 23.4 Å². The third kappa shape index (κ3) is 6.35. The molecule has 0 spiro atoms. The van der Waals surface area contributed by atoms with Gasteiger partial charge in [0, 0.05) is 22.6 Å². The first kappa shape index (κ1) is 22.6. The number of carbonyl (C=O) groups is 2. The highest BCUT2D eigenvalue weighted by Crippen LogP contribution is 2.31. The Balaban J connectivity index is 3.66. The summed E-state index contributed by atoms with van der Waals surface area (Å²) in [6.45, 7) is 7.92. The Morgan fingerprint density at radius 2 is 1.81 bits per heavy atom. The summed E-state index contributed by atoms with van der Waals surface area (Å²) in [6.07, 6.45) is -2.08. The number of hydrogen-bond donors (Lipinski definition) is 2. The molecule has 4 N–H and O–H groups in total. The Kier molecular flexibility index (Phi) is 6.77. The number of aromatic nitrogens is 2. The molecular formula is C18H25F3N4O2. The monoisotopic (exact) mass is 386 g/mol. The molecular weight excluding hydrogens is 361 g/mol. The van der Waals surface area contributed by atoms with Crippen LogP contribution in [0.4, 0.5) is 13.2 Å². The summed E-state index contributed by atoms with van der Waals surface area (Å²) in [6, 6.07) is 0.811. The molecule has 0 saturated heterocycles. The van der Waals surface area contributed by atoms with Gasteiger partial charge in [-0.25, -0.2) is 0 Å². The van der Waals surface area contributed by atoms with Crippen LogP contribution < -0.4 is 11.5 Å². The molecule has 1 amide bonds. The Bertz CT molecular complexity index is 782. The first-order valence-corrected chi connectivity index (χ1v) is 8.30. The summed E-state index contributed by atoms with van der Waals surface area (Å²) in [5, 5.41) is 3.60. The van der Waals surface area contributed by atoms with Gasteiger partial charge >= 0.3 is 6.18 Å². The molecule has 1 aromatic rings. The summed E-state index contributed by atoms with van der Waals surface area (Å²) in [7, 11) is 0. The van der Waals surface area contributed by atoms with E-state index >= 15 is 0 Å². The standard InChI is InChI=1S/C18H25F3N4O2/c1-10(2)15(26)12(7-6-11(3)16(22)27)13-8-14(18(19,20)21)24-25(13)9-17(4,5)23/h6-8,10H,9,23H2,1-5H3,(H2,22,27)/b11-6+,12-7-. The fraction of sp³-hybridized carbons (Fsp3) is 0.500. The van der Waals surface area contributed by atoms with Gasteiger partial charge in [0.1, 0.15) is 0 Å². The zero-order valence-corrected chi connectivity index (χ0v) is 16.0. The lowest BCUT2D eigenvalue weighted by Crippen LogP contribution is -2.38. The lowest BCUT2D eigenvalue weighted by molar-refractivity contribution is -0.141. The lowest BCUT2D eigenvalue weighted by atomic mass is 9.97. The second kappa shape index (κ2) is 8.08. The molecule has 1 heterocycles. The molecule has 0 aromatic carbocycles. The average Bonchev–Trinajstić information content (AvgIpc) is 2.88. The number of alkyl halides is 3. The van der Waals surface area contributed by atoms with E-state index < -0.39 is 35.0 Å². The molecule has 1 rings (SSSR count). The minimum absolute atomic E-state index is 0.00199. The van der Waals surface area contributed by atoms with E-state index in [0.29, 0.717) is 0 Å². The molecule has 0 atom stereocenters. The highest BCUT2D eigenvalue weighted by molar-refractivity contribution is 6.21. The van der Waals surface area contributed by atoms with Gasteiger partial charge in [-0.2, -0.15) is 18.3 Å². The van der Waals surface area contributed by atoms with Crippen molar-refractivity contribution in [2.45, 2.75) is 52.9 Å². The molecule has 0 aliphatic rings. The smallest absolute Gasteiger partial charge is 0.366 e. The molecule has 0 bridgehead atoms. The number of carbonyl (C=O) groups excluding carboxylic acids is 2. The molecule has 0 aliphatic carbocycles. The molecule has 0 aliphatic heterocycles. The average molecular weight is 386 g/mol. The van der Waals surface area contributed by atoms with Crippen molar-refractivity contribution >= 4 is 17.3 Å². The maximum absolute atomic E-state index is 13.2. The SMILES string of the molecule is C/C(=C\C=C(/C(=O)C(C)C)c1cc(C(F)(F)F)nn1CC(C)(C)N)C(N)=O. The normalized spacial score (nSPS) is 14.0. The number of allylic oxidation sites excluding steroid dienone is 3. The molecule has 0 unspecified atom stereocenters. The Labute approximate surface area is 156 Å². The van der Waals surface area contributed by atoms with Crippen molar-refractivity contribution in [2.24, 2.45) is 17.4 Å². The van der Waals surface area contributed by atoms with E-state index in [4.69, 9.17) is 11.5 Å². The van der Waals surface area contributed by atoms with Crippen molar-refractivity contribution in [3.05, 3.63) is 35.2 Å². The van der Waals surface area contributed by atoms with E-state index in [1.165, 1.54) is 19.1 Å². The zero-order valence-electron chi connectivity index (χ0n) is 16.0. The summed E-state index contributed by atoms with van der Waals surface area (Å²) < 4.78 is 40.6. The Hall–Kier alpha value is -2.42. The summed E-state index contributed by atoms with van der Waals surface area (Å²) in [5.41, 5.74) is 9.24. The number of Topliss-reactive ketones (excluding diaryl/α,β-unsaturated/α-hetero) is 1. The highest BCUT2D eigenvalue weighted by Gasteiger charge is 2.36. The molecule has 27 heavy (non-hydrogen) atoms. The Morgan fingerprint density at radius 1 is 1.26 bits per heavy atom. The van der Waals surface area contributed by atoms with Crippen molar-refractivity contribution in [2.75, 3.05) is 0 Å². The first-order valence-electron chi connectivity index (χ1n) is 8.30. The third-order valence-corrected chi connectivity index (χ3v) is 3.58. The van der Waals surface area contributed by atoms with Crippen LogP contribution in [0.2, 0.25) is 0 Å². The molecule has 0 fully saturated rings. The van der Waals surface area contributed by atoms with E-state index in [1.54, 1.807) is 27.7 Å². The van der Waals surface area contributed by atoms with Crippen molar-refractivity contribution in [3.63, 3.8) is 0 Å². The molecule has 0 radical (unpaired) electrons. The predicted octanol–water partition coefficient (Wildman–Crippen LogP) is 2.68. The molecule has 150 valence electrons. The van der Waals surface area contributed by atoms with Crippen LogP contribution >= 0.6 is 0 Å². The maximum Gasteiger partial charge on any atom is 0.435 e. The largest absolute Gasteiger partial charge is 0.435 e. The molecule has 9 heteroatoms. The quantitative estimate of drug-likeness (QED) is 0.555. The molecule has 1 aromatic heterocycles. The fourth-order valence-electron chi connectivity index (χ4n) is 2.17. The van der Waals surface area contributed by atoms with Gasteiger partial charge in [-0.05, 0) is 32.9 Å². The van der Waals surface area contributed by atoms with Gasteiger partial charge in [-0.3, -0.25) is 14.3 Å². The minimum Gasteiger partial charge on any atom is -0.366 e. The van der Waals surface area contributed by atoms with Gasteiger partial charge in [-0.15, -0.1) is 0 Å². The zero-order chi connectivity index (χ0) is 21.2. The van der Waals surface area contributed by atoms with Crippen LogP contribution in [0, 0.1) is 5.92 Å². The lowest BCUT2D eigenvalue weighted by Gasteiger charge is -2.21. The summed E-state index contributed by atoms with van der Waals surface area (Å²) in [4.78, 5) is 23.8. The number of amides is 1. The highest BCUT2D eigenvalue weighted by atomic mass is 19.4. The number of rotatable bonds is 7. The summed E-state index contributed by atoms with van der Waals surface area (Å²) >= 11 is 0. The fourth-order valence-corrected chi connectivity index (χ4v) is 2.17. The molecule has 0 saturated carbocycles. The van der Waals surface area contributed by atoms with E-state index in [9.17, 15) is 22.8 Å². The van der Waals surface area contributed by atoms with Crippen LogP contribution in [0.5, 0.6) is 0 Å². The minimum atomic E-state index is -4.68. The van der Waals surface area contributed by atoms with Crippen molar-refractivity contribution in [3.8, 4) is 0 Å². The van der Waals surface area contributed by atoms with E-state index in [1.807, 2.05) is 0 Å². The predicted molar refractivity (Wildman–Crippen MR) is 96.3 cm³/mol. The van der Waals surface area contributed by atoms with E-state index in [2.05, 4.69) is 5.10 Å². The number of primary amides is 1. The number of nitrogens with zero attached hydrogens (tertiary/aromatic N) is 2. The van der Waals surface area contributed by atoms with Crippen LogP contribution in [-0.2, 0) is 22.3 Å². The maximum atomic E-state index is 13.2. The van der Waals surface area contributed by atoms with Gasteiger partial charge < -0.3 is 11.5 Å². The second-order valence-corrected chi connectivity index (χ2v) is 7.37. The van der Waals surface area contributed by atoms with Gasteiger partial charge in [-0.1, -0.05) is 19.9 Å². The second-order valence-electron chi connectivity index (χ2n) is 7.37. The first-order chi connectivity index (χ1) is 12.1. The van der Waals surface area contributed by atoms with Crippen LogP contribution in [0.15, 0.2) is 23.8 Å². The molecule has 6 nitrogen and oxygen atoms in total. The van der Waals surface area contributed by atoms with Crippen LogP contribution in [-0.4, -0.2) is 27.0 Å². The van der Waals surface area contributed by atoms with Gasteiger partial charge in [0.2, 0.25) is 5.91 Å². The topological polar surface area (TPSA) is 104 Å². The van der Waals surface area contributed by atoms with Crippen molar-refractivity contribution < 1.29 is 22.8 Å². The number of hydrogen-bond acceptors (Lipinski definition) is 4. The van der Waals surface area contributed by atoms with Crippen LogP contribution in [0.3, 0.4) is 0 Å². The number of ketones is 1. The number of halogens is 3. The third-order valence-electron chi connectivity index (χ3n) is 3.58. The van der Waals surface area contributed by atoms with Gasteiger partial charge in [0.05, 0.1) is 12.2 Å². The Morgan fingerprint density at radius 3 is 2.22 bits per heavy atom. The summed E-state index contributed by atoms with van der Waals surface area (Å²) in [5.74, 6) is -1.58. The van der Waals surface area contributed by atoms with Gasteiger partial charge in [0.25, 0.3) is 0 Å². The van der Waals surface area contributed by atoms with E-state index in [0.717, 1.165) is 10.7 Å². The number of nitrogens with two attached hydrogens (primary N) is 2. The van der Waals surface area contributed by atoms with Crippen LogP contribution in [0.1, 0.15) is 46.0 Å². The van der Waals surface area contributed by atoms with Crippen molar-refractivity contribution in [1.82, 2.24) is 9.78 Å². The van der Waals surface area contributed by atoms with Crippen molar-refractivity contribution in [1.29, 1.82) is 0 Å².